The minimum Gasteiger partial charge on any atom is -0.494 e. The first kappa shape index (κ1) is 24.2. The SMILES string of the molecule is COC1=C(OC)[C@H](O)[C@@H](CC=C(C)CCC=C(C)CCC=C(C)C)[C@H](C)C1=O. The van der Waals surface area contributed by atoms with E-state index in [0.717, 1.165) is 25.7 Å². The monoisotopic (exact) mass is 390 g/mol. The number of allylic oxidation sites excluding steroid dienone is 7. The number of hydrogen-bond acceptors (Lipinski definition) is 4. The molecule has 4 heteroatoms. The van der Waals surface area contributed by atoms with Crippen molar-refractivity contribution in [2.75, 3.05) is 14.2 Å². The Hall–Kier alpha value is -1.81. The first-order chi connectivity index (χ1) is 13.2. The fourth-order valence-electron chi connectivity index (χ4n) is 3.55. The second kappa shape index (κ2) is 11.9. The first-order valence-corrected chi connectivity index (χ1v) is 10.2. The van der Waals surface area contributed by atoms with E-state index in [1.54, 1.807) is 0 Å². The van der Waals surface area contributed by atoms with Crippen LogP contribution in [-0.4, -0.2) is 31.2 Å². The molecule has 0 aliphatic heterocycles. The number of rotatable bonds is 10. The van der Waals surface area contributed by atoms with Crippen molar-refractivity contribution >= 4 is 5.78 Å². The van der Waals surface area contributed by atoms with E-state index in [4.69, 9.17) is 9.47 Å². The van der Waals surface area contributed by atoms with Gasteiger partial charge in [0.15, 0.2) is 5.76 Å². The van der Waals surface area contributed by atoms with E-state index in [9.17, 15) is 9.90 Å². The molecule has 0 saturated heterocycles. The Morgan fingerprint density at radius 2 is 1.54 bits per heavy atom. The van der Waals surface area contributed by atoms with Gasteiger partial charge in [-0.15, -0.1) is 0 Å². The highest BCUT2D eigenvalue weighted by atomic mass is 16.5. The van der Waals surface area contributed by atoms with E-state index in [2.05, 4.69) is 45.9 Å². The van der Waals surface area contributed by atoms with Crippen LogP contribution in [0.25, 0.3) is 0 Å². The molecule has 28 heavy (non-hydrogen) atoms. The molecule has 0 bridgehead atoms. The minimum atomic E-state index is -0.825. The van der Waals surface area contributed by atoms with Crippen molar-refractivity contribution in [1.82, 2.24) is 0 Å². The van der Waals surface area contributed by atoms with Crippen LogP contribution < -0.4 is 0 Å². The van der Waals surface area contributed by atoms with Gasteiger partial charge in [-0.2, -0.15) is 0 Å². The topological polar surface area (TPSA) is 55.8 Å². The standard InChI is InChI=1S/C24H38O4/c1-16(2)10-8-11-17(3)12-9-13-18(4)14-15-20-19(5)21(25)23(27-6)24(28-7)22(20)26/h10,12,14,19-20,22,26H,8-9,11,13,15H2,1-7H3/t19-,20-,22+/m0/s1. The summed E-state index contributed by atoms with van der Waals surface area (Å²) in [4.78, 5) is 12.5. The van der Waals surface area contributed by atoms with Crippen molar-refractivity contribution in [3.05, 3.63) is 46.5 Å². The fourth-order valence-corrected chi connectivity index (χ4v) is 3.55. The molecule has 1 aliphatic rings. The van der Waals surface area contributed by atoms with E-state index in [1.165, 1.54) is 30.9 Å². The van der Waals surface area contributed by atoms with Gasteiger partial charge in [0.25, 0.3) is 0 Å². The lowest BCUT2D eigenvalue weighted by atomic mass is 9.77. The largest absolute Gasteiger partial charge is 0.494 e. The quantitative estimate of drug-likeness (QED) is 0.501. The first-order valence-electron chi connectivity index (χ1n) is 10.2. The molecular formula is C24H38O4. The summed E-state index contributed by atoms with van der Waals surface area (Å²) in [5, 5.41) is 10.6. The van der Waals surface area contributed by atoms with Crippen LogP contribution in [0.2, 0.25) is 0 Å². The second-order valence-electron chi connectivity index (χ2n) is 8.06. The lowest BCUT2D eigenvalue weighted by molar-refractivity contribution is -0.128. The summed E-state index contributed by atoms with van der Waals surface area (Å²) in [6.45, 7) is 10.4. The molecule has 0 aromatic carbocycles. The molecule has 1 N–H and O–H groups in total. The molecule has 0 spiro atoms. The fraction of sp³-hybridized carbons (Fsp3) is 0.625. The third-order valence-corrected chi connectivity index (χ3v) is 5.46. The Balaban J connectivity index is 2.64. The molecular weight excluding hydrogens is 352 g/mol. The summed E-state index contributed by atoms with van der Waals surface area (Å²) in [5.74, 6) is -0.205. The smallest absolute Gasteiger partial charge is 0.204 e. The molecule has 0 unspecified atom stereocenters. The number of aliphatic hydroxyl groups is 1. The van der Waals surface area contributed by atoms with Gasteiger partial charge in [-0.05, 0) is 59.8 Å². The number of carbonyl (C=O) groups is 1. The minimum absolute atomic E-state index is 0.101. The normalized spacial score (nSPS) is 23.7. The van der Waals surface area contributed by atoms with Gasteiger partial charge < -0.3 is 14.6 Å². The molecule has 4 nitrogen and oxygen atoms in total. The highest BCUT2D eigenvalue weighted by Gasteiger charge is 2.42. The van der Waals surface area contributed by atoms with Gasteiger partial charge >= 0.3 is 0 Å². The maximum absolute atomic E-state index is 12.5. The van der Waals surface area contributed by atoms with Crippen molar-refractivity contribution in [2.45, 2.75) is 72.8 Å². The van der Waals surface area contributed by atoms with Crippen molar-refractivity contribution in [2.24, 2.45) is 11.8 Å². The Kier molecular flexibility index (Phi) is 10.3. The van der Waals surface area contributed by atoms with Crippen LogP contribution in [0.15, 0.2) is 46.5 Å². The summed E-state index contributed by atoms with van der Waals surface area (Å²) in [6.07, 6.45) is 10.8. The average Bonchev–Trinajstić information content (AvgIpc) is 2.64. The Morgan fingerprint density at radius 1 is 0.964 bits per heavy atom. The third-order valence-electron chi connectivity index (χ3n) is 5.46. The van der Waals surface area contributed by atoms with Gasteiger partial charge in [-0.1, -0.05) is 41.9 Å². The summed E-state index contributed by atoms with van der Waals surface area (Å²) < 4.78 is 10.4. The molecule has 0 aromatic heterocycles. The molecule has 0 amide bonds. The number of carbonyl (C=O) groups excluding carboxylic acids is 1. The van der Waals surface area contributed by atoms with Crippen LogP contribution in [-0.2, 0) is 14.3 Å². The number of methoxy groups -OCH3 is 2. The molecule has 1 aliphatic carbocycles. The van der Waals surface area contributed by atoms with Gasteiger partial charge in [0.05, 0.1) is 14.2 Å². The number of hydrogen-bond donors (Lipinski definition) is 1. The van der Waals surface area contributed by atoms with Crippen molar-refractivity contribution in [3.63, 3.8) is 0 Å². The number of Topliss-reactive ketones (excluding diaryl/α,β-unsaturated/α-hetero) is 1. The van der Waals surface area contributed by atoms with Crippen LogP contribution in [0.5, 0.6) is 0 Å². The predicted molar refractivity (Wildman–Crippen MR) is 115 cm³/mol. The summed E-state index contributed by atoms with van der Waals surface area (Å²) in [7, 11) is 2.90. The zero-order valence-electron chi connectivity index (χ0n) is 18.7. The Bertz CT molecular complexity index is 648. The van der Waals surface area contributed by atoms with Crippen molar-refractivity contribution in [3.8, 4) is 0 Å². The number of ether oxygens (including phenoxy) is 2. The highest BCUT2D eigenvalue weighted by molar-refractivity contribution is 5.97. The molecule has 0 fully saturated rings. The Labute approximate surface area is 171 Å². The molecule has 0 heterocycles. The zero-order valence-corrected chi connectivity index (χ0v) is 18.7. The van der Waals surface area contributed by atoms with E-state index >= 15 is 0 Å². The Morgan fingerprint density at radius 3 is 2.07 bits per heavy atom. The van der Waals surface area contributed by atoms with Crippen LogP contribution in [0.1, 0.15) is 66.7 Å². The number of aliphatic hydroxyl groups excluding tert-OH is 1. The molecule has 3 atom stereocenters. The lowest BCUT2D eigenvalue weighted by Gasteiger charge is -2.33. The predicted octanol–water partition coefficient (Wildman–Crippen LogP) is 5.50. The molecule has 0 saturated carbocycles. The maximum Gasteiger partial charge on any atom is 0.204 e. The van der Waals surface area contributed by atoms with Gasteiger partial charge in [0, 0.05) is 11.8 Å². The van der Waals surface area contributed by atoms with Crippen LogP contribution in [0.4, 0.5) is 0 Å². The van der Waals surface area contributed by atoms with Gasteiger partial charge in [-0.3, -0.25) is 4.79 Å². The van der Waals surface area contributed by atoms with Gasteiger partial charge in [0.1, 0.15) is 6.10 Å². The summed E-state index contributed by atoms with van der Waals surface area (Å²) in [5.41, 5.74) is 4.07. The zero-order chi connectivity index (χ0) is 21.3. The number of ketones is 1. The van der Waals surface area contributed by atoms with E-state index in [1.807, 2.05) is 6.92 Å². The lowest BCUT2D eigenvalue weighted by Crippen LogP contribution is -2.40. The van der Waals surface area contributed by atoms with Gasteiger partial charge in [0.2, 0.25) is 11.5 Å². The van der Waals surface area contributed by atoms with Crippen LogP contribution in [0.3, 0.4) is 0 Å². The maximum atomic E-state index is 12.5. The summed E-state index contributed by atoms with van der Waals surface area (Å²) >= 11 is 0. The molecule has 0 radical (unpaired) electrons. The molecule has 158 valence electrons. The van der Waals surface area contributed by atoms with E-state index in [-0.39, 0.29) is 29.1 Å². The van der Waals surface area contributed by atoms with E-state index in [0.29, 0.717) is 6.42 Å². The molecule has 0 aromatic rings. The summed E-state index contributed by atoms with van der Waals surface area (Å²) in [6, 6.07) is 0. The molecule has 1 rings (SSSR count). The van der Waals surface area contributed by atoms with Gasteiger partial charge in [-0.25, -0.2) is 0 Å². The second-order valence-corrected chi connectivity index (χ2v) is 8.06. The average molecular weight is 391 g/mol. The van der Waals surface area contributed by atoms with E-state index < -0.39 is 6.10 Å². The highest BCUT2D eigenvalue weighted by Crippen LogP contribution is 2.35. The van der Waals surface area contributed by atoms with Crippen molar-refractivity contribution < 1.29 is 19.4 Å². The van der Waals surface area contributed by atoms with Crippen LogP contribution in [0, 0.1) is 11.8 Å². The van der Waals surface area contributed by atoms with Crippen LogP contribution >= 0.6 is 0 Å². The third kappa shape index (κ3) is 6.97. The van der Waals surface area contributed by atoms with Crippen molar-refractivity contribution in [1.29, 1.82) is 0 Å².